The van der Waals surface area contributed by atoms with Gasteiger partial charge in [0.05, 0.1) is 0 Å². The lowest BCUT2D eigenvalue weighted by molar-refractivity contribution is -0.119. The Morgan fingerprint density at radius 2 is 2.11 bits per heavy atom. The number of anilines is 1. The monoisotopic (exact) mass is 325 g/mol. The van der Waals surface area contributed by atoms with E-state index in [4.69, 9.17) is 5.73 Å². The molecule has 0 saturated carbocycles. The highest BCUT2D eigenvalue weighted by molar-refractivity contribution is 9.10. The Morgan fingerprint density at radius 3 is 2.68 bits per heavy atom. The number of piperidine rings is 1. The van der Waals surface area contributed by atoms with Crippen LogP contribution in [0.4, 0.5) is 5.69 Å². The van der Waals surface area contributed by atoms with Crippen molar-refractivity contribution >= 4 is 27.5 Å². The average molecular weight is 326 g/mol. The van der Waals surface area contributed by atoms with E-state index in [9.17, 15) is 4.79 Å². The smallest absolute Gasteiger partial charge is 0.217 e. The summed E-state index contributed by atoms with van der Waals surface area (Å²) >= 11 is 3.47. The standard InChI is InChI=1S/C14H20BrN3O/c1-10(19)17-14-2-4-18(5-3-14)9-11-6-12(15)8-13(16)7-11/h6-8,14H,2-5,9,16H2,1H3,(H,17,19). The molecule has 0 radical (unpaired) electrons. The average Bonchev–Trinajstić information content (AvgIpc) is 2.29. The maximum Gasteiger partial charge on any atom is 0.217 e. The second kappa shape index (κ2) is 6.39. The van der Waals surface area contributed by atoms with Gasteiger partial charge in [-0.15, -0.1) is 0 Å². The number of nitrogens with two attached hydrogens (primary N) is 1. The minimum Gasteiger partial charge on any atom is -0.399 e. The summed E-state index contributed by atoms with van der Waals surface area (Å²) in [5.41, 5.74) is 7.86. The summed E-state index contributed by atoms with van der Waals surface area (Å²) in [6, 6.07) is 6.37. The number of hydrogen-bond acceptors (Lipinski definition) is 3. The molecule has 0 aliphatic carbocycles. The van der Waals surface area contributed by atoms with Gasteiger partial charge < -0.3 is 11.1 Å². The van der Waals surface area contributed by atoms with Crippen LogP contribution in [0.3, 0.4) is 0 Å². The van der Waals surface area contributed by atoms with Crippen LogP contribution in [0.1, 0.15) is 25.3 Å². The van der Waals surface area contributed by atoms with Gasteiger partial charge in [0.2, 0.25) is 5.91 Å². The van der Waals surface area contributed by atoms with Crippen molar-refractivity contribution in [3.8, 4) is 0 Å². The fourth-order valence-electron chi connectivity index (χ4n) is 2.55. The largest absolute Gasteiger partial charge is 0.399 e. The van der Waals surface area contributed by atoms with Gasteiger partial charge in [0.25, 0.3) is 0 Å². The lowest BCUT2D eigenvalue weighted by Gasteiger charge is -2.32. The SMILES string of the molecule is CC(=O)NC1CCN(Cc2cc(N)cc(Br)c2)CC1. The Morgan fingerprint density at radius 1 is 1.42 bits per heavy atom. The number of amides is 1. The number of nitrogen functional groups attached to an aromatic ring is 1. The number of nitrogens with one attached hydrogen (secondary N) is 1. The fraction of sp³-hybridized carbons (Fsp3) is 0.500. The van der Waals surface area contributed by atoms with Gasteiger partial charge in [0, 0.05) is 42.8 Å². The number of hydrogen-bond donors (Lipinski definition) is 2. The van der Waals surface area contributed by atoms with E-state index in [1.165, 1.54) is 5.56 Å². The normalized spacial score (nSPS) is 17.4. The molecule has 3 N–H and O–H groups in total. The number of likely N-dealkylation sites (tertiary alicyclic amines) is 1. The predicted octanol–water partition coefficient (Wildman–Crippen LogP) is 2.13. The van der Waals surface area contributed by atoms with Crippen molar-refractivity contribution in [1.29, 1.82) is 0 Å². The first-order valence-electron chi connectivity index (χ1n) is 6.57. The van der Waals surface area contributed by atoms with E-state index in [1.54, 1.807) is 6.92 Å². The van der Waals surface area contributed by atoms with Gasteiger partial charge in [-0.05, 0) is 36.6 Å². The van der Waals surface area contributed by atoms with Gasteiger partial charge in [0.1, 0.15) is 0 Å². The van der Waals surface area contributed by atoms with Crippen molar-refractivity contribution in [3.63, 3.8) is 0 Å². The van der Waals surface area contributed by atoms with Crippen LogP contribution in [-0.2, 0) is 11.3 Å². The summed E-state index contributed by atoms with van der Waals surface area (Å²) in [5.74, 6) is 0.0678. The molecule has 4 nitrogen and oxygen atoms in total. The topological polar surface area (TPSA) is 58.4 Å². The van der Waals surface area contributed by atoms with Gasteiger partial charge in [0.15, 0.2) is 0 Å². The number of rotatable bonds is 3. The summed E-state index contributed by atoms with van der Waals surface area (Å²) in [4.78, 5) is 13.4. The van der Waals surface area contributed by atoms with Crippen molar-refractivity contribution < 1.29 is 4.79 Å². The van der Waals surface area contributed by atoms with Crippen LogP contribution in [0.5, 0.6) is 0 Å². The lowest BCUT2D eigenvalue weighted by atomic mass is 10.0. The molecule has 1 aromatic carbocycles. The first-order chi connectivity index (χ1) is 9.02. The number of halogens is 1. The summed E-state index contributed by atoms with van der Waals surface area (Å²) in [6.07, 6.45) is 2.03. The van der Waals surface area contributed by atoms with Crippen LogP contribution < -0.4 is 11.1 Å². The third-order valence-corrected chi connectivity index (χ3v) is 3.84. The fourth-order valence-corrected chi connectivity index (χ4v) is 3.11. The molecule has 1 amide bonds. The van der Waals surface area contributed by atoms with E-state index < -0.39 is 0 Å². The number of carbonyl (C=O) groups is 1. The van der Waals surface area contributed by atoms with Gasteiger partial charge in [-0.25, -0.2) is 0 Å². The van der Waals surface area contributed by atoms with Crippen LogP contribution in [0.25, 0.3) is 0 Å². The lowest BCUT2D eigenvalue weighted by Crippen LogP contribution is -2.43. The second-order valence-corrected chi connectivity index (χ2v) is 6.06. The van der Waals surface area contributed by atoms with E-state index in [1.807, 2.05) is 12.1 Å². The summed E-state index contributed by atoms with van der Waals surface area (Å²) < 4.78 is 1.02. The number of benzene rings is 1. The second-order valence-electron chi connectivity index (χ2n) is 5.14. The number of carbonyl (C=O) groups excluding carboxylic acids is 1. The molecule has 1 fully saturated rings. The molecule has 19 heavy (non-hydrogen) atoms. The van der Waals surface area contributed by atoms with Gasteiger partial charge in [-0.3, -0.25) is 9.69 Å². The van der Waals surface area contributed by atoms with Crippen molar-refractivity contribution in [2.75, 3.05) is 18.8 Å². The van der Waals surface area contributed by atoms with Crippen molar-refractivity contribution in [3.05, 3.63) is 28.2 Å². The molecular weight excluding hydrogens is 306 g/mol. The molecular formula is C14H20BrN3O. The summed E-state index contributed by atoms with van der Waals surface area (Å²) in [7, 11) is 0. The van der Waals surface area contributed by atoms with E-state index in [0.717, 1.165) is 42.6 Å². The van der Waals surface area contributed by atoms with Crippen LogP contribution >= 0.6 is 15.9 Å². The molecule has 0 spiro atoms. The highest BCUT2D eigenvalue weighted by atomic mass is 79.9. The molecule has 1 heterocycles. The van der Waals surface area contributed by atoms with Gasteiger partial charge >= 0.3 is 0 Å². The highest BCUT2D eigenvalue weighted by Crippen LogP contribution is 2.20. The zero-order chi connectivity index (χ0) is 13.8. The molecule has 1 aliphatic rings. The maximum absolute atomic E-state index is 11.0. The van der Waals surface area contributed by atoms with E-state index in [0.29, 0.717) is 6.04 Å². The van der Waals surface area contributed by atoms with E-state index >= 15 is 0 Å². The van der Waals surface area contributed by atoms with Crippen molar-refractivity contribution in [2.24, 2.45) is 0 Å². The Hall–Kier alpha value is -1.07. The minimum atomic E-state index is 0.0678. The molecule has 5 heteroatoms. The molecule has 0 atom stereocenters. The van der Waals surface area contributed by atoms with Crippen LogP contribution in [0.2, 0.25) is 0 Å². The van der Waals surface area contributed by atoms with Crippen molar-refractivity contribution in [2.45, 2.75) is 32.4 Å². The molecule has 1 aliphatic heterocycles. The molecule has 2 rings (SSSR count). The van der Waals surface area contributed by atoms with E-state index in [-0.39, 0.29) is 5.91 Å². The van der Waals surface area contributed by atoms with E-state index in [2.05, 4.69) is 32.2 Å². The van der Waals surface area contributed by atoms with Crippen LogP contribution in [0.15, 0.2) is 22.7 Å². The zero-order valence-corrected chi connectivity index (χ0v) is 12.7. The third kappa shape index (κ3) is 4.51. The Balaban J connectivity index is 1.86. The number of nitrogens with zero attached hydrogens (tertiary/aromatic N) is 1. The zero-order valence-electron chi connectivity index (χ0n) is 11.2. The Bertz CT molecular complexity index is 436. The van der Waals surface area contributed by atoms with Crippen LogP contribution in [0, 0.1) is 0 Å². The molecule has 0 bridgehead atoms. The molecule has 0 aromatic heterocycles. The van der Waals surface area contributed by atoms with Crippen LogP contribution in [-0.4, -0.2) is 29.9 Å². The molecule has 1 aromatic rings. The maximum atomic E-state index is 11.0. The summed E-state index contributed by atoms with van der Waals surface area (Å²) in [6.45, 7) is 4.52. The first kappa shape index (κ1) is 14.3. The molecule has 104 valence electrons. The highest BCUT2D eigenvalue weighted by Gasteiger charge is 2.19. The quantitative estimate of drug-likeness (QED) is 0.837. The Labute approximate surface area is 122 Å². The Kier molecular flexibility index (Phi) is 4.82. The first-order valence-corrected chi connectivity index (χ1v) is 7.36. The predicted molar refractivity (Wildman–Crippen MR) is 80.7 cm³/mol. The molecule has 0 unspecified atom stereocenters. The summed E-state index contributed by atoms with van der Waals surface area (Å²) in [5, 5.41) is 2.99. The van der Waals surface area contributed by atoms with Gasteiger partial charge in [-0.2, -0.15) is 0 Å². The van der Waals surface area contributed by atoms with Crippen molar-refractivity contribution in [1.82, 2.24) is 10.2 Å². The minimum absolute atomic E-state index is 0.0678. The third-order valence-electron chi connectivity index (χ3n) is 3.38. The van der Waals surface area contributed by atoms with Gasteiger partial charge in [-0.1, -0.05) is 15.9 Å². The molecule has 1 saturated heterocycles.